The summed E-state index contributed by atoms with van der Waals surface area (Å²) in [5.41, 5.74) is -0.278. The van der Waals surface area contributed by atoms with Gasteiger partial charge in [-0.2, -0.15) is 8.78 Å². The van der Waals surface area contributed by atoms with Crippen molar-refractivity contribution in [2.45, 2.75) is 12.8 Å². The summed E-state index contributed by atoms with van der Waals surface area (Å²) >= 11 is 0. The second-order valence-corrected chi connectivity index (χ2v) is 4.12. The van der Waals surface area contributed by atoms with Crippen LogP contribution in [0.5, 0.6) is 5.75 Å². The number of hydrogen-bond donors (Lipinski definition) is 0. The van der Waals surface area contributed by atoms with E-state index in [0.29, 0.717) is 5.75 Å². The highest BCUT2D eigenvalue weighted by molar-refractivity contribution is 6.17. The van der Waals surface area contributed by atoms with E-state index in [9.17, 15) is 18.4 Å². The first-order chi connectivity index (χ1) is 10.4. The van der Waals surface area contributed by atoms with Crippen LogP contribution in [-0.2, 0) is 19.1 Å². The molecule has 0 N–H and O–H groups in total. The lowest BCUT2D eigenvalue weighted by molar-refractivity contribution is -0.164. The van der Waals surface area contributed by atoms with Gasteiger partial charge >= 0.3 is 17.9 Å². The van der Waals surface area contributed by atoms with Crippen molar-refractivity contribution in [1.82, 2.24) is 0 Å². The molecule has 0 aliphatic rings. The maximum absolute atomic E-state index is 13.8. The molecule has 0 fully saturated rings. The van der Waals surface area contributed by atoms with Crippen LogP contribution in [-0.4, -0.2) is 38.7 Å². The molecule has 1 aromatic carbocycles. The fourth-order valence-corrected chi connectivity index (χ4v) is 1.61. The molecule has 7 heteroatoms. The molecule has 1 aromatic rings. The minimum absolute atomic E-state index is 0.164. The number of rotatable bonds is 6. The van der Waals surface area contributed by atoms with E-state index >= 15 is 0 Å². The molecule has 0 spiro atoms. The highest BCUT2D eigenvalue weighted by Crippen LogP contribution is 2.26. The Kier molecular flexibility index (Phi) is 6.03. The van der Waals surface area contributed by atoms with E-state index in [2.05, 4.69) is 9.47 Å². The van der Waals surface area contributed by atoms with Gasteiger partial charge in [0.2, 0.25) is 0 Å². The van der Waals surface area contributed by atoms with E-state index in [1.807, 2.05) is 0 Å². The lowest BCUT2D eigenvalue weighted by Gasteiger charge is -2.13. The van der Waals surface area contributed by atoms with Gasteiger partial charge in [-0.05, 0) is 24.6 Å². The lowest BCUT2D eigenvalue weighted by Crippen LogP contribution is -2.29. The standard InChI is InChI=1S/C15H16F2O5/c1-4-22-14(19)15(16,17)9-12(13(18)21-3)10-5-7-11(20-2)8-6-10/h5-9H,4H2,1-3H3/b12-9+. The molecule has 0 aliphatic heterocycles. The van der Waals surface area contributed by atoms with Gasteiger partial charge in [-0.1, -0.05) is 12.1 Å². The van der Waals surface area contributed by atoms with Gasteiger partial charge in [-0.15, -0.1) is 0 Å². The highest BCUT2D eigenvalue weighted by atomic mass is 19.3. The zero-order valence-corrected chi connectivity index (χ0v) is 12.4. The van der Waals surface area contributed by atoms with E-state index in [0.717, 1.165) is 7.11 Å². The SMILES string of the molecule is CCOC(=O)C(F)(F)/C=C(/C(=O)OC)c1ccc(OC)cc1. The van der Waals surface area contributed by atoms with Crippen LogP contribution in [0.2, 0.25) is 0 Å². The number of alkyl halides is 2. The number of benzene rings is 1. The van der Waals surface area contributed by atoms with Gasteiger partial charge in [0.05, 0.1) is 26.4 Å². The van der Waals surface area contributed by atoms with Crippen molar-refractivity contribution in [2.24, 2.45) is 0 Å². The summed E-state index contributed by atoms with van der Waals surface area (Å²) in [5, 5.41) is 0. The Labute approximate surface area is 126 Å². The fourth-order valence-electron chi connectivity index (χ4n) is 1.61. The van der Waals surface area contributed by atoms with Gasteiger partial charge < -0.3 is 14.2 Å². The minimum atomic E-state index is -3.94. The van der Waals surface area contributed by atoms with Crippen LogP contribution in [0.1, 0.15) is 12.5 Å². The predicted octanol–water partition coefficient (Wildman–Crippen LogP) is 2.45. The molecular weight excluding hydrogens is 298 g/mol. The molecule has 0 aromatic heterocycles. The van der Waals surface area contributed by atoms with Crippen molar-refractivity contribution >= 4 is 17.5 Å². The first kappa shape index (κ1) is 17.6. The van der Waals surface area contributed by atoms with Crippen LogP contribution < -0.4 is 4.74 Å². The van der Waals surface area contributed by atoms with E-state index in [-0.39, 0.29) is 18.2 Å². The number of ether oxygens (including phenoxy) is 3. The van der Waals surface area contributed by atoms with E-state index in [4.69, 9.17) is 4.74 Å². The smallest absolute Gasteiger partial charge is 0.381 e. The number of halogens is 2. The van der Waals surface area contributed by atoms with Crippen molar-refractivity contribution in [2.75, 3.05) is 20.8 Å². The molecule has 0 radical (unpaired) electrons. The molecule has 120 valence electrons. The van der Waals surface area contributed by atoms with Crippen molar-refractivity contribution in [1.29, 1.82) is 0 Å². The van der Waals surface area contributed by atoms with Gasteiger partial charge in [0.15, 0.2) is 0 Å². The second kappa shape index (κ2) is 7.53. The molecule has 5 nitrogen and oxygen atoms in total. The zero-order valence-electron chi connectivity index (χ0n) is 12.4. The Morgan fingerprint density at radius 2 is 1.77 bits per heavy atom. The summed E-state index contributed by atoms with van der Waals surface area (Å²) in [4.78, 5) is 23.0. The monoisotopic (exact) mass is 314 g/mol. The average Bonchev–Trinajstić information content (AvgIpc) is 2.52. The maximum atomic E-state index is 13.8. The Bertz CT molecular complexity index is 564. The van der Waals surface area contributed by atoms with E-state index in [1.165, 1.54) is 38.3 Å². The summed E-state index contributed by atoms with van der Waals surface area (Å²) in [6, 6.07) is 5.80. The summed E-state index contributed by atoms with van der Waals surface area (Å²) in [7, 11) is 2.50. The molecule has 0 atom stereocenters. The van der Waals surface area contributed by atoms with Crippen molar-refractivity contribution in [3.8, 4) is 5.75 Å². The van der Waals surface area contributed by atoms with Crippen LogP contribution in [0.25, 0.3) is 5.57 Å². The first-order valence-electron chi connectivity index (χ1n) is 6.36. The van der Waals surface area contributed by atoms with Crippen LogP contribution in [0.15, 0.2) is 30.3 Å². The lowest BCUT2D eigenvalue weighted by atomic mass is 10.0. The van der Waals surface area contributed by atoms with Gasteiger partial charge in [-0.3, -0.25) is 0 Å². The van der Waals surface area contributed by atoms with Crippen molar-refractivity contribution in [3.05, 3.63) is 35.9 Å². The number of methoxy groups -OCH3 is 2. The molecule has 0 unspecified atom stereocenters. The average molecular weight is 314 g/mol. The van der Waals surface area contributed by atoms with Gasteiger partial charge in [0, 0.05) is 6.08 Å². The summed E-state index contributed by atoms with van der Waals surface area (Å²) in [6.07, 6.45) is 0.235. The number of esters is 2. The van der Waals surface area contributed by atoms with E-state index < -0.39 is 23.4 Å². The van der Waals surface area contributed by atoms with Gasteiger partial charge in [0.1, 0.15) is 5.75 Å². The van der Waals surface area contributed by atoms with Crippen molar-refractivity contribution in [3.63, 3.8) is 0 Å². The molecule has 0 saturated carbocycles. The third kappa shape index (κ3) is 4.28. The quantitative estimate of drug-likeness (QED) is 0.596. The van der Waals surface area contributed by atoms with Crippen molar-refractivity contribution < 1.29 is 32.6 Å². The van der Waals surface area contributed by atoms with Crippen LogP contribution >= 0.6 is 0 Å². The third-order valence-corrected chi connectivity index (χ3v) is 2.68. The Morgan fingerprint density at radius 1 is 1.18 bits per heavy atom. The molecule has 0 bridgehead atoms. The van der Waals surface area contributed by atoms with Crippen LogP contribution in [0.4, 0.5) is 8.78 Å². The Balaban J connectivity index is 3.24. The maximum Gasteiger partial charge on any atom is 0.381 e. The topological polar surface area (TPSA) is 61.8 Å². The molecule has 1 rings (SSSR count). The third-order valence-electron chi connectivity index (χ3n) is 2.68. The van der Waals surface area contributed by atoms with Gasteiger partial charge in [-0.25, -0.2) is 9.59 Å². The predicted molar refractivity (Wildman–Crippen MR) is 74.6 cm³/mol. The Morgan fingerprint density at radius 3 is 2.23 bits per heavy atom. The normalized spacial score (nSPS) is 11.8. The molecule has 0 heterocycles. The number of carbonyl (C=O) groups is 2. The van der Waals surface area contributed by atoms with Gasteiger partial charge in [0.25, 0.3) is 0 Å². The first-order valence-corrected chi connectivity index (χ1v) is 6.36. The number of carbonyl (C=O) groups excluding carboxylic acids is 2. The zero-order chi connectivity index (χ0) is 16.8. The second-order valence-electron chi connectivity index (χ2n) is 4.12. The van der Waals surface area contributed by atoms with Crippen LogP contribution in [0.3, 0.4) is 0 Å². The molecule has 0 aliphatic carbocycles. The largest absolute Gasteiger partial charge is 0.497 e. The number of hydrogen-bond acceptors (Lipinski definition) is 5. The summed E-state index contributed by atoms with van der Waals surface area (Å²) in [6.45, 7) is 1.21. The van der Waals surface area contributed by atoms with E-state index in [1.54, 1.807) is 0 Å². The fraction of sp³-hybridized carbons (Fsp3) is 0.333. The summed E-state index contributed by atoms with van der Waals surface area (Å²) in [5.74, 6) is -6.18. The van der Waals surface area contributed by atoms with Crippen LogP contribution in [0, 0.1) is 0 Å². The summed E-state index contributed by atoms with van der Waals surface area (Å²) < 4.78 is 41.3. The highest BCUT2D eigenvalue weighted by Gasteiger charge is 2.39. The minimum Gasteiger partial charge on any atom is -0.497 e. The Hall–Kier alpha value is -2.44. The molecule has 22 heavy (non-hydrogen) atoms. The molecular formula is C15H16F2O5. The molecule has 0 saturated heterocycles. The molecule has 0 amide bonds.